The molecule has 39 heavy (non-hydrogen) atoms. The first-order chi connectivity index (χ1) is 19.1. The lowest BCUT2D eigenvalue weighted by molar-refractivity contribution is 0.230. The molecule has 4 aromatic rings. The van der Waals surface area contributed by atoms with Crippen LogP contribution in [-0.2, 0) is 13.1 Å². The number of hydrogen-bond acceptors (Lipinski definition) is 9. The number of fused-ring (bicyclic) bond motifs is 2. The Hall–Kier alpha value is -3.92. The van der Waals surface area contributed by atoms with Crippen molar-refractivity contribution >= 4 is 23.4 Å². The zero-order chi connectivity index (χ0) is 26.3. The highest BCUT2D eigenvalue weighted by Gasteiger charge is 2.43. The van der Waals surface area contributed by atoms with E-state index in [1.54, 1.807) is 0 Å². The van der Waals surface area contributed by atoms with Gasteiger partial charge in [-0.25, -0.2) is 0 Å². The van der Waals surface area contributed by atoms with Crippen molar-refractivity contribution in [2.24, 2.45) is 0 Å². The van der Waals surface area contributed by atoms with Crippen LogP contribution >= 0.6 is 0 Å². The molecule has 5 heterocycles. The van der Waals surface area contributed by atoms with Gasteiger partial charge in [0, 0.05) is 61.5 Å². The van der Waals surface area contributed by atoms with Crippen LogP contribution < -0.4 is 15.5 Å². The van der Waals surface area contributed by atoms with Gasteiger partial charge in [0.25, 0.3) is 0 Å². The number of H-pyrrole nitrogens is 1. The molecule has 2 saturated heterocycles. The molecule has 10 heteroatoms. The number of rotatable bonds is 10. The summed E-state index contributed by atoms with van der Waals surface area (Å²) in [5.41, 5.74) is 3.50. The van der Waals surface area contributed by atoms with E-state index in [1.165, 1.54) is 24.1 Å². The fourth-order valence-electron chi connectivity index (χ4n) is 5.75. The minimum atomic E-state index is 0.319. The first kappa shape index (κ1) is 24.1. The minimum Gasteiger partial charge on any atom is -0.359 e. The highest BCUT2D eigenvalue weighted by Crippen LogP contribution is 2.40. The van der Waals surface area contributed by atoms with E-state index in [1.807, 2.05) is 12.1 Å². The molecule has 3 fully saturated rings. The average molecular weight is 526 g/mol. The van der Waals surface area contributed by atoms with Gasteiger partial charge >= 0.3 is 0 Å². The van der Waals surface area contributed by atoms with Crippen LogP contribution in [0, 0.1) is 0 Å². The van der Waals surface area contributed by atoms with Crippen LogP contribution in [0.1, 0.15) is 67.7 Å². The molecular formula is C29H35N9O. The summed E-state index contributed by atoms with van der Waals surface area (Å²) in [6, 6.07) is 17.8. The maximum absolute atomic E-state index is 5.52. The second-order valence-corrected chi connectivity index (χ2v) is 11.4. The number of nitrogens with zero attached hydrogens (tertiary/aromatic N) is 6. The van der Waals surface area contributed by atoms with E-state index in [0.29, 0.717) is 36.4 Å². The molecule has 0 spiro atoms. The van der Waals surface area contributed by atoms with Crippen LogP contribution in [0.2, 0.25) is 0 Å². The normalized spacial score (nSPS) is 20.7. The minimum absolute atomic E-state index is 0.319. The molecule has 3 N–H and O–H groups in total. The van der Waals surface area contributed by atoms with Gasteiger partial charge in [0.05, 0.1) is 12.2 Å². The molecule has 0 radical (unpaired) electrons. The average Bonchev–Trinajstić information content (AvgIpc) is 3.30. The Morgan fingerprint density at radius 2 is 1.90 bits per heavy atom. The predicted octanol–water partition coefficient (Wildman–Crippen LogP) is 5.01. The molecule has 1 aromatic carbocycles. The topological polar surface area (TPSA) is 111 Å². The van der Waals surface area contributed by atoms with Gasteiger partial charge in [-0.05, 0) is 30.7 Å². The Balaban J connectivity index is 1.10. The third-order valence-electron chi connectivity index (χ3n) is 8.05. The number of hydrogen-bond donors (Lipinski definition) is 3. The van der Waals surface area contributed by atoms with E-state index >= 15 is 0 Å². The summed E-state index contributed by atoms with van der Waals surface area (Å²) < 4.78 is 5.52. The summed E-state index contributed by atoms with van der Waals surface area (Å²) in [6.45, 7) is 7.67. The van der Waals surface area contributed by atoms with Crippen LogP contribution in [-0.4, -0.2) is 55.4 Å². The van der Waals surface area contributed by atoms with E-state index in [-0.39, 0.29) is 0 Å². The number of anilines is 4. The molecule has 2 bridgehead atoms. The molecule has 2 aliphatic heterocycles. The molecule has 3 aromatic heterocycles. The van der Waals surface area contributed by atoms with Crippen molar-refractivity contribution in [3.8, 4) is 0 Å². The molecule has 10 nitrogen and oxygen atoms in total. The lowest BCUT2D eigenvalue weighted by Gasteiger charge is -2.35. The Labute approximate surface area is 228 Å². The predicted molar refractivity (Wildman–Crippen MR) is 150 cm³/mol. The zero-order valence-electron chi connectivity index (χ0n) is 22.5. The quantitative estimate of drug-likeness (QED) is 0.263. The Morgan fingerprint density at radius 1 is 1.03 bits per heavy atom. The highest BCUT2D eigenvalue weighted by molar-refractivity contribution is 5.61. The summed E-state index contributed by atoms with van der Waals surface area (Å²) >= 11 is 0. The first-order valence-corrected chi connectivity index (χ1v) is 14.0. The monoisotopic (exact) mass is 525 g/mol. The number of aromatic amines is 1. The van der Waals surface area contributed by atoms with Crippen molar-refractivity contribution in [3.63, 3.8) is 0 Å². The van der Waals surface area contributed by atoms with Gasteiger partial charge in [0.1, 0.15) is 11.6 Å². The number of likely N-dealkylation sites (tertiary alicyclic amines) is 1. The zero-order valence-corrected chi connectivity index (χ0v) is 22.5. The first-order valence-electron chi connectivity index (χ1n) is 14.0. The smallest absolute Gasteiger partial charge is 0.227 e. The lowest BCUT2D eigenvalue weighted by atomic mass is 10.1. The van der Waals surface area contributed by atoms with Crippen molar-refractivity contribution in [2.75, 3.05) is 28.6 Å². The van der Waals surface area contributed by atoms with E-state index in [9.17, 15) is 0 Å². The van der Waals surface area contributed by atoms with E-state index in [2.05, 4.69) is 86.0 Å². The van der Waals surface area contributed by atoms with Crippen LogP contribution in [0.4, 0.5) is 23.4 Å². The van der Waals surface area contributed by atoms with Crippen LogP contribution in [0.25, 0.3) is 0 Å². The molecule has 0 unspecified atom stereocenters. The van der Waals surface area contributed by atoms with Crippen LogP contribution in [0.5, 0.6) is 0 Å². The fourth-order valence-corrected chi connectivity index (χ4v) is 5.75. The lowest BCUT2D eigenvalue weighted by Crippen LogP contribution is -2.46. The SMILES string of the molecule is CC(C)c1cc(CNc2nc(Nc3cc(C4CC4)[nH]n3)cc(N3C[C@H]4C[C@@H]3CN4Cc3ccccc3)n2)on1. The van der Waals surface area contributed by atoms with Gasteiger partial charge in [0.15, 0.2) is 11.6 Å². The maximum Gasteiger partial charge on any atom is 0.227 e. The third kappa shape index (κ3) is 5.21. The maximum atomic E-state index is 5.52. The number of benzene rings is 1. The summed E-state index contributed by atoms with van der Waals surface area (Å²) in [6.07, 6.45) is 3.61. The second-order valence-electron chi connectivity index (χ2n) is 11.4. The van der Waals surface area contributed by atoms with Crippen molar-refractivity contribution in [3.05, 3.63) is 71.2 Å². The van der Waals surface area contributed by atoms with Crippen molar-refractivity contribution < 1.29 is 4.52 Å². The van der Waals surface area contributed by atoms with Gasteiger partial charge in [-0.2, -0.15) is 15.1 Å². The summed E-state index contributed by atoms with van der Waals surface area (Å²) in [5, 5.41) is 18.6. The third-order valence-corrected chi connectivity index (χ3v) is 8.05. The highest BCUT2D eigenvalue weighted by atomic mass is 16.5. The van der Waals surface area contributed by atoms with Gasteiger partial charge in [-0.15, -0.1) is 0 Å². The van der Waals surface area contributed by atoms with Crippen molar-refractivity contribution in [1.82, 2.24) is 30.2 Å². The summed E-state index contributed by atoms with van der Waals surface area (Å²) in [7, 11) is 0. The Bertz CT molecular complexity index is 1430. The molecular weight excluding hydrogens is 490 g/mol. The van der Waals surface area contributed by atoms with Crippen LogP contribution in [0.3, 0.4) is 0 Å². The van der Waals surface area contributed by atoms with Crippen LogP contribution in [0.15, 0.2) is 53.1 Å². The molecule has 1 aliphatic carbocycles. The molecule has 2 atom stereocenters. The summed E-state index contributed by atoms with van der Waals surface area (Å²) in [5.74, 6) is 4.68. The van der Waals surface area contributed by atoms with E-state index in [4.69, 9.17) is 14.5 Å². The van der Waals surface area contributed by atoms with Crippen molar-refractivity contribution in [2.45, 2.75) is 70.1 Å². The molecule has 3 aliphatic rings. The second kappa shape index (κ2) is 10.00. The van der Waals surface area contributed by atoms with E-state index < -0.39 is 0 Å². The number of nitrogens with one attached hydrogen (secondary N) is 3. The fraction of sp³-hybridized carbons (Fsp3) is 0.448. The Morgan fingerprint density at radius 3 is 2.64 bits per heavy atom. The summed E-state index contributed by atoms with van der Waals surface area (Å²) in [4.78, 5) is 14.8. The van der Waals surface area contributed by atoms with E-state index in [0.717, 1.165) is 55.0 Å². The van der Waals surface area contributed by atoms with Gasteiger partial charge in [-0.3, -0.25) is 10.00 Å². The number of aromatic nitrogens is 5. The Kier molecular flexibility index (Phi) is 6.19. The van der Waals surface area contributed by atoms with Gasteiger partial charge in [-0.1, -0.05) is 49.3 Å². The number of piperazine rings is 1. The largest absolute Gasteiger partial charge is 0.359 e. The van der Waals surface area contributed by atoms with Gasteiger partial charge < -0.3 is 20.1 Å². The molecule has 1 saturated carbocycles. The molecule has 0 amide bonds. The molecule has 7 rings (SSSR count). The van der Waals surface area contributed by atoms with Crippen molar-refractivity contribution in [1.29, 1.82) is 0 Å². The van der Waals surface area contributed by atoms with Gasteiger partial charge in [0.2, 0.25) is 5.95 Å². The standard InChI is InChI=1S/C29H35N9O/c1-18(2)24-11-23(39-36-24)14-30-29-32-26(31-27-12-25(34-35-27)20-8-9-20)13-28(33-29)38-17-21-10-22(38)16-37(21)15-19-6-4-3-5-7-19/h3-7,11-13,18,20-22H,8-10,14-17H2,1-2H3,(H3,30,31,32,33,34,35)/t21-,22-/m1/s1. The molecule has 202 valence electrons.